The van der Waals surface area contributed by atoms with Crippen LogP contribution >= 0.6 is 0 Å². The first-order valence-corrected chi connectivity index (χ1v) is 7.39. The molecule has 0 aromatic heterocycles. The van der Waals surface area contributed by atoms with E-state index in [1.165, 1.54) is 0 Å². The molecule has 1 aromatic rings. The summed E-state index contributed by atoms with van der Waals surface area (Å²) < 4.78 is 16.4. The van der Waals surface area contributed by atoms with Crippen LogP contribution in [0, 0.1) is 0 Å². The molecule has 1 fully saturated rings. The van der Waals surface area contributed by atoms with Crippen molar-refractivity contribution in [3.8, 4) is 11.5 Å². The molecular formula is C16H25NO4. The summed E-state index contributed by atoms with van der Waals surface area (Å²) in [5.41, 5.74) is 0. The van der Waals surface area contributed by atoms with Gasteiger partial charge in [0.2, 0.25) is 0 Å². The fourth-order valence-electron chi connectivity index (χ4n) is 2.67. The normalized spacial score (nSPS) is 24.6. The first-order chi connectivity index (χ1) is 10.1. The van der Waals surface area contributed by atoms with Crippen LogP contribution in [0.2, 0.25) is 0 Å². The van der Waals surface area contributed by atoms with Crippen molar-refractivity contribution in [1.82, 2.24) is 4.90 Å². The molecule has 0 radical (unpaired) electrons. The molecule has 0 amide bonds. The predicted octanol–water partition coefficient (Wildman–Crippen LogP) is 1.54. The van der Waals surface area contributed by atoms with Gasteiger partial charge in [0.15, 0.2) is 0 Å². The first-order valence-electron chi connectivity index (χ1n) is 7.39. The molecule has 1 saturated heterocycles. The summed E-state index contributed by atoms with van der Waals surface area (Å²) in [4.78, 5) is 2.22. The molecule has 0 aliphatic carbocycles. The average molecular weight is 295 g/mol. The van der Waals surface area contributed by atoms with Crippen LogP contribution in [-0.2, 0) is 4.74 Å². The summed E-state index contributed by atoms with van der Waals surface area (Å²) in [5, 5.41) is 10.1. The minimum absolute atomic E-state index is 0.209. The molecule has 0 bridgehead atoms. The van der Waals surface area contributed by atoms with E-state index in [2.05, 4.69) is 18.7 Å². The number of hydrogen-bond donors (Lipinski definition) is 1. The van der Waals surface area contributed by atoms with Gasteiger partial charge in [-0.25, -0.2) is 0 Å². The predicted molar refractivity (Wildman–Crippen MR) is 80.9 cm³/mol. The van der Waals surface area contributed by atoms with Gasteiger partial charge in [-0.15, -0.1) is 0 Å². The number of methoxy groups -OCH3 is 1. The van der Waals surface area contributed by atoms with Crippen molar-refractivity contribution >= 4 is 0 Å². The Morgan fingerprint density at radius 2 is 1.95 bits per heavy atom. The standard InChI is InChI=1S/C16H25NO4/c1-12-8-17(9-13(2)21-12)10-14(18)11-20-16-6-4-5-15(7-16)19-3/h4-7,12-14,18H,8-11H2,1-3H3/t12-,13-,14+/m0/s1. The van der Waals surface area contributed by atoms with Crippen molar-refractivity contribution in [3.63, 3.8) is 0 Å². The Balaban J connectivity index is 1.77. The molecule has 118 valence electrons. The highest BCUT2D eigenvalue weighted by Crippen LogP contribution is 2.19. The minimum atomic E-state index is -0.520. The van der Waals surface area contributed by atoms with E-state index in [1.807, 2.05) is 24.3 Å². The maximum absolute atomic E-state index is 10.1. The van der Waals surface area contributed by atoms with Gasteiger partial charge in [-0.3, -0.25) is 4.90 Å². The largest absolute Gasteiger partial charge is 0.497 e. The molecule has 3 atom stereocenters. The number of β-amino-alcohol motifs (C(OH)–C–C–N with tert-alkyl or cyclic N) is 1. The lowest BCUT2D eigenvalue weighted by atomic mass is 10.2. The van der Waals surface area contributed by atoms with Gasteiger partial charge in [0.25, 0.3) is 0 Å². The molecule has 1 aliphatic rings. The summed E-state index contributed by atoms with van der Waals surface area (Å²) in [5.74, 6) is 1.45. The highest BCUT2D eigenvalue weighted by molar-refractivity contribution is 5.32. The van der Waals surface area contributed by atoms with Crippen LogP contribution < -0.4 is 9.47 Å². The molecular weight excluding hydrogens is 270 g/mol. The van der Waals surface area contributed by atoms with Crippen LogP contribution in [0.4, 0.5) is 0 Å². The number of benzene rings is 1. The maximum Gasteiger partial charge on any atom is 0.123 e. The van der Waals surface area contributed by atoms with Crippen molar-refractivity contribution in [1.29, 1.82) is 0 Å². The zero-order chi connectivity index (χ0) is 15.2. The Hall–Kier alpha value is -1.30. The molecule has 1 aromatic carbocycles. The second-order valence-electron chi connectivity index (χ2n) is 5.62. The van der Waals surface area contributed by atoms with Gasteiger partial charge >= 0.3 is 0 Å². The van der Waals surface area contributed by atoms with E-state index in [0.29, 0.717) is 12.3 Å². The summed E-state index contributed by atoms with van der Waals surface area (Å²) in [6, 6.07) is 7.39. The van der Waals surface area contributed by atoms with Crippen molar-refractivity contribution < 1.29 is 19.3 Å². The molecule has 1 heterocycles. The zero-order valence-electron chi connectivity index (χ0n) is 13.0. The van der Waals surface area contributed by atoms with E-state index >= 15 is 0 Å². The van der Waals surface area contributed by atoms with E-state index in [-0.39, 0.29) is 18.8 Å². The zero-order valence-corrected chi connectivity index (χ0v) is 13.0. The molecule has 1 aliphatic heterocycles. The smallest absolute Gasteiger partial charge is 0.123 e. The van der Waals surface area contributed by atoms with Gasteiger partial charge in [-0.05, 0) is 26.0 Å². The number of nitrogens with zero attached hydrogens (tertiary/aromatic N) is 1. The van der Waals surface area contributed by atoms with Crippen molar-refractivity contribution in [2.75, 3.05) is 33.4 Å². The number of aliphatic hydroxyl groups is 1. The van der Waals surface area contributed by atoms with Crippen LogP contribution in [0.3, 0.4) is 0 Å². The van der Waals surface area contributed by atoms with Gasteiger partial charge in [0.1, 0.15) is 24.2 Å². The van der Waals surface area contributed by atoms with E-state index in [0.717, 1.165) is 18.8 Å². The SMILES string of the molecule is COc1cccc(OC[C@H](O)CN2C[C@H](C)O[C@@H](C)C2)c1. The third kappa shape index (κ3) is 5.19. The van der Waals surface area contributed by atoms with Crippen molar-refractivity contribution in [2.45, 2.75) is 32.2 Å². The quantitative estimate of drug-likeness (QED) is 0.863. The molecule has 0 saturated carbocycles. The molecule has 0 unspecified atom stereocenters. The Kier molecular flexibility index (Phi) is 5.85. The minimum Gasteiger partial charge on any atom is -0.497 e. The van der Waals surface area contributed by atoms with Gasteiger partial charge in [-0.1, -0.05) is 6.07 Å². The second kappa shape index (κ2) is 7.64. The topological polar surface area (TPSA) is 51.2 Å². The lowest BCUT2D eigenvalue weighted by molar-refractivity contribution is -0.0786. The number of hydrogen-bond acceptors (Lipinski definition) is 5. The monoisotopic (exact) mass is 295 g/mol. The fourth-order valence-corrected chi connectivity index (χ4v) is 2.67. The van der Waals surface area contributed by atoms with Gasteiger partial charge in [0.05, 0.1) is 19.3 Å². The summed E-state index contributed by atoms with van der Waals surface area (Å²) in [6.07, 6.45) is -0.103. The van der Waals surface area contributed by atoms with E-state index in [9.17, 15) is 5.11 Å². The summed E-state index contributed by atoms with van der Waals surface area (Å²) in [7, 11) is 1.62. The van der Waals surface area contributed by atoms with E-state index < -0.39 is 6.10 Å². The second-order valence-corrected chi connectivity index (χ2v) is 5.62. The van der Waals surface area contributed by atoms with Crippen LogP contribution in [0.25, 0.3) is 0 Å². The number of rotatable bonds is 6. The van der Waals surface area contributed by atoms with Crippen LogP contribution in [-0.4, -0.2) is 61.7 Å². The molecule has 5 nitrogen and oxygen atoms in total. The van der Waals surface area contributed by atoms with Gasteiger partial charge < -0.3 is 19.3 Å². The fraction of sp³-hybridized carbons (Fsp3) is 0.625. The third-order valence-corrected chi connectivity index (χ3v) is 3.45. The van der Waals surface area contributed by atoms with Gasteiger partial charge in [-0.2, -0.15) is 0 Å². The molecule has 21 heavy (non-hydrogen) atoms. The van der Waals surface area contributed by atoms with Crippen molar-refractivity contribution in [2.24, 2.45) is 0 Å². The Morgan fingerprint density at radius 3 is 2.62 bits per heavy atom. The lowest BCUT2D eigenvalue weighted by Crippen LogP contribution is -2.48. The number of ether oxygens (including phenoxy) is 3. The van der Waals surface area contributed by atoms with E-state index in [4.69, 9.17) is 14.2 Å². The Bertz CT molecular complexity index is 430. The van der Waals surface area contributed by atoms with Gasteiger partial charge in [0, 0.05) is 25.7 Å². The lowest BCUT2D eigenvalue weighted by Gasteiger charge is -2.36. The van der Waals surface area contributed by atoms with Crippen LogP contribution in [0.5, 0.6) is 11.5 Å². The maximum atomic E-state index is 10.1. The van der Waals surface area contributed by atoms with E-state index in [1.54, 1.807) is 7.11 Å². The summed E-state index contributed by atoms with van der Waals surface area (Å²) in [6.45, 7) is 6.68. The van der Waals surface area contributed by atoms with Crippen LogP contribution in [0.1, 0.15) is 13.8 Å². The summed E-state index contributed by atoms with van der Waals surface area (Å²) >= 11 is 0. The molecule has 2 rings (SSSR count). The number of aliphatic hydroxyl groups excluding tert-OH is 1. The highest BCUT2D eigenvalue weighted by Gasteiger charge is 2.23. The highest BCUT2D eigenvalue weighted by atomic mass is 16.5. The van der Waals surface area contributed by atoms with Crippen LogP contribution in [0.15, 0.2) is 24.3 Å². The number of morpholine rings is 1. The molecule has 5 heteroatoms. The Morgan fingerprint density at radius 1 is 1.29 bits per heavy atom. The molecule has 1 N–H and O–H groups in total. The average Bonchev–Trinajstić information content (AvgIpc) is 2.44. The van der Waals surface area contributed by atoms with Crippen molar-refractivity contribution in [3.05, 3.63) is 24.3 Å². The Labute approximate surface area is 126 Å². The third-order valence-electron chi connectivity index (χ3n) is 3.45. The molecule has 0 spiro atoms. The first kappa shape index (κ1) is 16.1.